The molecule has 0 saturated carbocycles. The highest BCUT2D eigenvalue weighted by atomic mass is 32.2. The number of carbonyl (C=O) groups is 1. The van der Waals surface area contributed by atoms with Crippen LogP contribution < -0.4 is 5.32 Å². The minimum Gasteiger partial charge on any atom is -0.395 e. The highest BCUT2D eigenvalue weighted by Gasteiger charge is 2.26. The Morgan fingerprint density at radius 3 is 2.93 bits per heavy atom. The minimum atomic E-state index is 0.0445. The molecule has 15 heavy (non-hydrogen) atoms. The Kier molecular flexibility index (Phi) is 5.86. The summed E-state index contributed by atoms with van der Waals surface area (Å²) in [7, 11) is 0. The number of amides is 1. The molecule has 1 aliphatic rings. The fourth-order valence-corrected chi connectivity index (χ4v) is 3.46. The predicted molar refractivity (Wildman–Crippen MR) is 67.4 cm³/mol. The molecule has 0 aliphatic carbocycles. The first-order chi connectivity index (χ1) is 7.19. The van der Waals surface area contributed by atoms with E-state index >= 15 is 0 Å². The highest BCUT2D eigenvalue weighted by molar-refractivity contribution is 7.99. The van der Waals surface area contributed by atoms with Gasteiger partial charge in [0.15, 0.2) is 0 Å². The van der Waals surface area contributed by atoms with Gasteiger partial charge in [0.2, 0.25) is 5.91 Å². The number of hydrogen-bond acceptors (Lipinski definition) is 4. The molecule has 2 N–H and O–H groups in total. The van der Waals surface area contributed by atoms with Crippen LogP contribution in [0.15, 0.2) is 0 Å². The van der Waals surface area contributed by atoms with Gasteiger partial charge in [-0.05, 0) is 25.4 Å². The van der Waals surface area contributed by atoms with Gasteiger partial charge < -0.3 is 10.4 Å². The lowest BCUT2D eigenvalue weighted by Gasteiger charge is -2.22. The molecule has 0 bridgehead atoms. The monoisotopic (exact) mass is 249 g/mol. The van der Waals surface area contributed by atoms with Crippen LogP contribution >= 0.6 is 23.5 Å². The van der Waals surface area contributed by atoms with E-state index in [0.717, 1.165) is 17.9 Å². The lowest BCUT2D eigenvalue weighted by atomic mass is 10.1. The maximum absolute atomic E-state index is 11.8. The van der Waals surface area contributed by atoms with E-state index in [1.807, 2.05) is 24.9 Å². The van der Waals surface area contributed by atoms with E-state index in [0.29, 0.717) is 0 Å². The summed E-state index contributed by atoms with van der Waals surface area (Å²) in [6.45, 7) is 2.07. The molecule has 0 radical (unpaired) electrons. The molecule has 88 valence electrons. The third-order valence-corrected chi connectivity index (χ3v) is 5.04. The lowest BCUT2D eigenvalue weighted by Crippen LogP contribution is -2.43. The van der Waals surface area contributed by atoms with Gasteiger partial charge in [0.1, 0.15) is 0 Å². The Morgan fingerprint density at radius 1 is 1.73 bits per heavy atom. The molecule has 1 amide bonds. The zero-order valence-electron chi connectivity index (χ0n) is 9.23. The summed E-state index contributed by atoms with van der Waals surface area (Å²) in [5.41, 5.74) is 0. The number of carbonyl (C=O) groups excluding carboxylic acids is 1. The van der Waals surface area contributed by atoms with Crippen molar-refractivity contribution in [2.45, 2.75) is 24.6 Å². The van der Waals surface area contributed by atoms with Crippen LogP contribution in [0.5, 0.6) is 0 Å². The number of aliphatic hydroxyl groups excluding tert-OH is 1. The average molecular weight is 249 g/mol. The van der Waals surface area contributed by atoms with Crippen LogP contribution in [0.25, 0.3) is 0 Å². The fourth-order valence-electron chi connectivity index (χ4n) is 1.61. The normalized spacial score (nSPS) is 24.9. The van der Waals surface area contributed by atoms with E-state index in [2.05, 4.69) is 5.32 Å². The molecule has 1 saturated heterocycles. The van der Waals surface area contributed by atoms with Gasteiger partial charge in [-0.25, -0.2) is 0 Å². The third kappa shape index (κ3) is 3.89. The summed E-state index contributed by atoms with van der Waals surface area (Å²) in [5, 5.41) is 12.2. The molecule has 1 fully saturated rings. The molecule has 1 aliphatic heterocycles. The van der Waals surface area contributed by atoms with Crippen molar-refractivity contribution in [3.8, 4) is 0 Å². The van der Waals surface area contributed by atoms with E-state index < -0.39 is 0 Å². The zero-order chi connectivity index (χ0) is 11.3. The van der Waals surface area contributed by atoms with Crippen molar-refractivity contribution < 1.29 is 9.90 Å². The van der Waals surface area contributed by atoms with Crippen LogP contribution in [0, 0.1) is 5.92 Å². The standard InChI is InChI=1S/C10H19NO2S2/c1-7(9(5-12)14-2)11-10(13)8-3-4-15-6-8/h7-9,12H,3-6H2,1-2H3,(H,11,13). The summed E-state index contributed by atoms with van der Waals surface area (Å²) < 4.78 is 0. The fraction of sp³-hybridized carbons (Fsp3) is 0.900. The zero-order valence-corrected chi connectivity index (χ0v) is 10.9. The molecular formula is C10H19NO2S2. The number of aliphatic hydroxyl groups is 1. The van der Waals surface area contributed by atoms with Crippen molar-refractivity contribution >= 4 is 29.4 Å². The maximum atomic E-state index is 11.8. The largest absolute Gasteiger partial charge is 0.395 e. The Labute approximate surface area is 99.8 Å². The first-order valence-corrected chi connectivity index (χ1v) is 7.65. The molecule has 1 heterocycles. The molecule has 0 spiro atoms. The number of hydrogen-bond donors (Lipinski definition) is 2. The predicted octanol–water partition coefficient (Wildman–Crippen LogP) is 0.968. The van der Waals surface area contributed by atoms with E-state index in [9.17, 15) is 4.79 Å². The van der Waals surface area contributed by atoms with Gasteiger partial charge in [0.05, 0.1) is 6.61 Å². The van der Waals surface area contributed by atoms with Crippen LogP contribution in [0.2, 0.25) is 0 Å². The van der Waals surface area contributed by atoms with E-state index in [1.54, 1.807) is 11.8 Å². The molecule has 0 aromatic heterocycles. The second kappa shape index (κ2) is 6.66. The van der Waals surface area contributed by atoms with Crippen molar-refractivity contribution in [2.75, 3.05) is 24.4 Å². The highest BCUT2D eigenvalue weighted by Crippen LogP contribution is 2.23. The lowest BCUT2D eigenvalue weighted by molar-refractivity contribution is -0.124. The topological polar surface area (TPSA) is 49.3 Å². The van der Waals surface area contributed by atoms with Crippen LogP contribution in [-0.2, 0) is 4.79 Å². The summed E-state index contributed by atoms with van der Waals surface area (Å²) in [6, 6.07) is 0.0445. The Hall–Kier alpha value is 0.130. The minimum absolute atomic E-state index is 0.0445. The molecular weight excluding hydrogens is 230 g/mol. The number of nitrogens with one attached hydrogen (secondary N) is 1. The van der Waals surface area contributed by atoms with Crippen LogP contribution in [-0.4, -0.2) is 46.7 Å². The number of rotatable bonds is 5. The van der Waals surface area contributed by atoms with Gasteiger partial charge in [0, 0.05) is 23.0 Å². The van der Waals surface area contributed by atoms with Crippen molar-refractivity contribution in [3.63, 3.8) is 0 Å². The molecule has 5 heteroatoms. The van der Waals surface area contributed by atoms with Crippen molar-refractivity contribution in [1.29, 1.82) is 0 Å². The van der Waals surface area contributed by atoms with Crippen LogP contribution in [0.1, 0.15) is 13.3 Å². The second-order valence-corrected chi connectivity index (χ2v) is 6.04. The molecule has 0 aromatic rings. The van der Waals surface area contributed by atoms with Gasteiger partial charge in [-0.2, -0.15) is 23.5 Å². The SMILES string of the molecule is CSC(CO)C(C)NC(=O)C1CCSC1. The van der Waals surface area contributed by atoms with Gasteiger partial charge in [0.25, 0.3) is 0 Å². The molecule has 0 aromatic carbocycles. The quantitative estimate of drug-likeness (QED) is 0.762. The van der Waals surface area contributed by atoms with Crippen LogP contribution in [0.4, 0.5) is 0 Å². The van der Waals surface area contributed by atoms with Crippen molar-refractivity contribution in [1.82, 2.24) is 5.32 Å². The van der Waals surface area contributed by atoms with Crippen molar-refractivity contribution in [3.05, 3.63) is 0 Å². The van der Waals surface area contributed by atoms with Gasteiger partial charge in [-0.3, -0.25) is 4.79 Å². The summed E-state index contributed by atoms with van der Waals surface area (Å²) in [4.78, 5) is 11.8. The van der Waals surface area contributed by atoms with Gasteiger partial charge >= 0.3 is 0 Å². The first kappa shape index (κ1) is 13.2. The van der Waals surface area contributed by atoms with E-state index in [1.165, 1.54) is 0 Å². The van der Waals surface area contributed by atoms with Crippen molar-refractivity contribution in [2.24, 2.45) is 5.92 Å². The van der Waals surface area contributed by atoms with Crippen LogP contribution in [0.3, 0.4) is 0 Å². The van der Waals surface area contributed by atoms with Gasteiger partial charge in [-0.15, -0.1) is 0 Å². The maximum Gasteiger partial charge on any atom is 0.224 e. The molecule has 3 atom stereocenters. The first-order valence-electron chi connectivity index (χ1n) is 5.20. The summed E-state index contributed by atoms with van der Waals surface area (Å²) >= 11 is 3.43. The van der Waals surface area contributed by atoms with E-state index in [4.69, 9.17) is 5.11 Å². The molecule has 1 rings (SSSR count). The Balaban J connectivity index is 2.35. The summed E-state index contributed by atoms with van der Waals surface area (Å²) in [6.07, 6.45) is 2.95. The second-order valence-electron chi connectivity index (χ2n) is 3.81. The van der Waals surface area contributed by atoms with Gasteiger partial charge in [-0.1, -0.05) is 0 Å². The smallest absolute Gasteiger partial charge is 0.224 e. The molecule has 3 nitrogen and oxygen atoms in total. The molecule has 3 unspecified atom stereocenters. The Bertz CT molecular complexity index is 204. The Morgan fingerprint density at radius 2 is 2.47 bits per heavy atom. The third-order valence-electron chi connectivity index (χ3n) is 2.71. The average Bonchev–Trinajstić information content (AvgIpc) is 2.72. The summed E-state index contributed by atoms with van der Waals surface area (Å²) in [5.74, 6) is 2.37. The van der Waals surface area contributed by atoms with E-state index in [-0.39, 0.29) is 29.7 Å². The number of thioether (sulfide) groups is 2.